The van der Waals surface area contributed by atoms with Crippen molar-refractivity contribution in [2.45, 2.75) is 39.5 Å². The van der Waals surface area contributed by atoms with Gasteiger partial charge in [0.2, 0.25) is 5.91 Å². The summed E-state index contributed by atoms with van der Waals surface area (Å²) in [4.78, 5) is 30.7. The number of rotatable bonds is 6. The van der Waals surface area contributed by atoms with Crippen molar-refractivity contribution in [1.82, 2.24) is 9.88 Å². The van der Waals surface area contributed by atoms with Gasteiger partial charge in [-0.1, -0.05) is 12.1 Å². The fourth-order valence-electron chi connectivity index (χ4n) is 3.74. The molecule has 0 atom stereocenters. The van der Waals surface area contributed by atoms with Crippen LogP contribution >= 0.6 is 0 Å². The Morgan fingerprint density at radius 3 is 2.73 bits per heavy atom. The summed E-state index contributed by atoms with van der Waals surface area (Å²) in [6.07, 6.45) is 2.90. The van der Waals surface area contributed by atoms with Crippen LogP contribution < -0.4 is 5.43 Å². The number of nitrogens with zero attached hydrogens (tertiary/aromatic N) is 1. The zero-order valence-corrected chi connectivity index (χ0v) is 15.7. The summed E-state index contributed by atoms with van der Waals surface area (Å²) in [6.45, 7) is 7.03. The smallest absolute Gasteiger partial charge is 0.222 e. The predicted molar refractivity (Wildman–Crippen MR) is 103 cm³/mol. The van der Waals surface area contributed by atoms with E-state index in [1.165, 1.54) is 0 Å². The topological polar surface area (TPSA) is 62.4 Å². The Bertz CT molecular complexity index is 822. The lowest BCUT2D eigenvalue weighted by molar-refractivity contribution is -0.132. The quantitative estimate of drug-likeness (QED) is 0.865. The summed E-state index contributed by atoms with van der Waals surface area (Å²) in [5.74, 6) is 0.657. The molecule has 2 aromatic rings. The number of pyridine rings is 1. The van der Waals surface area contributed by atoms with Gasteiger partial charge in [0.15, 0.2) is 5.43 Å². The van der Waals surface area contributed by atoms with Gasteiger partial charge in [0.1, 0.15) is 0 Å². The van der Waals surface area contributed by atoms with Gasteiger partial charge >= 0.3 is 0 Å². The molecule has 1 amide bonds. The molecule has 1 aromatic heterocycles. The second kappa shape index (κ2) is 8.49. The summed E-state index contributed by atoms with van der Waals surface area (Å²) in [5, 5.41) is 0.690. The number of nitrogens with one attached hydrogen (secondary N) is 1. The monoisotopic (exact) mass is 356 g/mol. The van der Waals surface area contributed by atoms with Gasteiger partial charge in [-0.15, -0.1) is 0 Å². The van der Waals surface area contributed by atoms with E-state index in [0.717, 1.165) is 49.4 Å². The number of aryl methyl sites for hydroxylation is 1. The number of carbonyl (C=O) groups excluding carboxylic acids is 1. The number of aromatic nitrogens is 1. The summed E-state index contributed by atoms with van der Waals surface area (Å²) in [5.41, 5.74) is 2.46. The van der Waals surface area contributed by atoms with Crippen LogP contribution in [0.3, 0.4) is 0 Å². The fourth-order valence-corrected chi connectivity index (χ4v) is 3.74. The maximum Gasteiger partial charge on any atom is 0.222 e. The maximum atomic E-state index is 12.8. The molecule has 0 radical (unpaired) electrons. The zero-order valence-electron chi connectivity index (χ0n) is 15.7. The number of fused-ring (bicyclic) bond motifs is 1. The Morgan fingerprint density at radius 1 is 1.27 bits per heavy atom. The highest BCUT2D eigenvalue weighted by molar-refractivity contribution is 5.80. The molecule has 3 rings (SSSR count). The van der Waals surface area contributed by atoms with Crippen LogP contribution in [0.15, 0.2) is 29.1 Å². The molecule has 5 nitrogen and oxygen atoms in total. The maximum absolute atomic E-state index is 12.8. The highest BCUT2D eigenvalue weighted by Gasteiger charge is 2.20. The Hall–Kier alpha value is -2.14. The number of aromatic amines is 1. The third kappa shape index (κ3) is 4.15. The van der Waals surface area contributed by atoms with Crippen molar-refractivity contribution in [3.8, 4) is 0 Å². The highest BCUT2D eigenvalue weighted by Crippen LogP contribution is 2.17. The van der Waals surface area contributed by atoms with E-state index in [2.05, 4.69) is 4.98 Å². The first-order chi connectivity index (χ1) is 12.6. The van der Waals surface area contributed by atoms with Crippen LogP contribution in [0, 0.1) is 12.8 Å². The van der Waals surface area contributed by atoms with Crippen molar-refractivity contribution in [2.24, 2.45) is 5.92 Å². The third-order valence-corrected chi connectivity index (χ3v) is 5.36. The van der Waals surface area contributed by atoms with E-state index >= 15 is 0 Å². The van der Waals surface area contributed by atoms with Crippen LogP contribution in [-0.2, 0) is 16.0 Å². The summed E-state index contributed by atoms with van der Waals surface area (Å²) >= 11 is 0. The Kier molecular flexibility index (Phi) is 6.09. The van der Waals surface area contributed by atoms with Crippen molar-refractivity contribution in [1.29, 1.82) is 0 Å². The number of H-pyrrole nitrogens is 1. The molecule has 5 heteroatoms. The van der Waals surface area contributed by atoms with Crippen LogP contribution in [0.5, 0.6) is 0 Å². The van der Waals surface area contributed by atoms with Crippen LogP contribution in [0.4, 0.5) is 0 Å². The van der Waals surface area contributed by atoms with E-state index in [-0.39, 0.29) is 11.3 Å². The largest absolute Gasteiger partial charge is 0.381 e. The van der Waals surface area contributed by atoms with Gasteiger partial charge in [-0.3, -0.25) is 9.59 Å². The normalized spacial score (nSPS) is 15.3. The molecule has 1 aliphatic rings. The fraction of sp³-hybridized carbons (Fsp3) is 0.524. The Morgan fingerprint density at radius 2 is 2.00 bits per heavy atom. The molecule has 140 valence electrons. The molecule has 0 unspecified atom stereocenters. The number of hydrogen-bond donors (Lipinski definition) is 1. The van der Waals surface area contributed by atoms with E-state index in [1.807, 2.05) is 43.0 Å². The van der Waals surface area contributed by atoms with E-state index < -0.39 is 0 Å². The second-order valence-corrected chi connectivity index (χ2v) is 7.09. The van der Waals surface area contributed by atoms with E-state index in [1.54, 1.807) is 0 Å². The summed E-state index contributed by atoms with van der Waals surface area (Å²) < 4.78 is 5.40. The molecule has 0 saturated carbocycles. The van der Waals surface area contributed by atoms with Crippen LogP contribution in [0.2, 0.25) is 0 Å². The molecular weight excluding hydrogens is 328 g/mol. The van der Waals surface area contributed by atoms with Crippen molar-refractivity contribution in [2.75, 3.05) is 26.3 Å². The van der Waals surface area contributed by atoms with Crippen molar-refractivity contribution in [3.05, 3.63) is 45.7 Å². The number of benzene rings is 1. The predicted octanol–water partition coefficient (Wildman–Crippen LogP) is 3.04. The lowest BCUT2D eigenvalue weighted by atomic mass is 9.99. The highest BCUT2D eigenvalue weighted by atomic mass is 16.5. The molecule has 1 N–H and O–H groups in total. The number of hydrogen-bond acceptors (Lipinski definition) is 3. The molecule has 1 fully saturated rings. The van der Waals surface area contributed by atoms with Gasteiger partial charge in [-0.2, -0.15) is 0 Å². The molecule has 0 bridgehead atoms. The molecule has 26 heavy (non-hydrogen) atoms. The minimum atomic E-state index is 0.0390. The van der Waals surface area contributed by atoms with Crippen LogP contribution in [-0.4, -0.2) is 42.1 Å². The van der Waals surface area contributed by atoms with Gasteiger partial charge in [-0.05, 0) is 51.2 Å². The second-order valence-electron chi connectivity index (χ2n) is 7.09. The Labute approximate surface area is 154 Å². The SMILES string of the molecule is CCN(CC1CCOCC1)C(=O)CCc1c(C)[nH]c2ccccc2c1=O. The first kappa shape index (κ1) is 18.6. The van der Waals surface area contributed by atoms with Crippen molar-refractivity contribution in [3.63, 3.8) is 0 Å². The number of para-hydroxylation sites is 1. The summed E-state index contributed by atoms with van der Waals surface area (Å²) in [6, 6.07) is 7.53. The standard InChI is InChI=1S/C21H28N2O3/c1-3-23(14-16-10-12-26-13-11-16)20(24)9-8-17-15(2)22-19-7-5-4-6-18(19)21(17)25/h4-7,16H,3,8-14H2,1-2H3,(H,22,25). The first-order valence-corrected chi connectivity index (χ1v) is 9.56. The number of ether oxygens (including phenoxy) is 1. The third-order valence-electron chi connectivity index (χ3n) is 5.36. The average molecular weight is 356 g/mol. The molecule has 1 saturated heterocycles. The molecule has 0 aliphatic carbocycles. The lowest BCUT2D eigenvalue weighted by Crippen LogP contribution is -2.37. The van der Waals surface area contributed by atoms with Crippen molar-refractivity contribution >= 4 is 16.8 Å². The van der Waals surface area contributed by atoms with Gasteiger partial charge in [0.05, 0.1) is 0 Å². The molecule has 1 aliphatic heterocycles. The van der Waals surface area contributed by atoms with Gasteiger partial charge in [0.25, 0.3) is 0 Å². The van der Waals surface area contributed by atoms with Crippen molar-refractivity contribution < 1.29 is 9.53 Å². The van der Waals surface area contributed by atoms with E-state index in [9.17, 15) is 9.59 Å². The summed E-state index contributed by atoms with van der Waals surface area (Å²) in [7, 11) is 0. The number of carbonyl (C=O) groups is 1. The van der Waals surface area contributed by atoms with Crippen LogP contribution in [0.25, 0.3) is 10.9 Å². The van der Waals surface area contributed by atoms with Gasteiger partial charge in [0, 0.05) is 54.9 Å². The molecule has 2 heterocycles. The molecular formula is C21H28N2O3. The molecule has 1 aromatic carbocycles. The van der Waals surface area contributed by atoms with E-state index in [0.29, 0.717) is 30.7 Å². The van der Waals surface area contributed by atoms with Gasteiger partial charge in [-0.25, -0.2) is 0 Å². The zero-order chi connectivity index (χ0) is 18.5. The van der Waals surface area contributed by atoms with Crippen LogP contribution in [0.1, 0.15) is 37.4 Å². The first-order valence-electron chi connectivity index (χ1n) is 9.56. The minimum Gasteiger partial charge on any atom is -0.381 e. The average Bonchev–Trinajstić information content (AvgIpc) is 2.66. The van der Waals surface area contributed by atoms with E-state index in [4.69, 9.17) is 4.74 Å². The molecule has 0 spiro atoms. The Balaban J connectivity index is 1.68. The number of amides is 1. The minimum absolute atomic E-state index is 0.0390. The van der Waals surface area contributed by atoms with Gasteiger partial charge < -0.3 is 14.6 Å². The lowest BCUT2D eigenvalue weighted by Gasteiger charge is -2.29.